The molecule has 0 saturated carbocycles. The van der Waals surface area contributed by atoms with Crippen molar-refractivity contribution in [1.29, 1.82) is 0 Å². The number of sulfone groups is 1. The van der Waals surface area contributed by atoms with Crippen LogP contribution in [0.15, 0.2) is 54.4 Å². The number of halogens is 1. The monoisotopic (exact) mass is 432 g/mol. The summed E-state index contributed by atoms with van der Waals surface area (Å²) in [6.07, 6.45) is 3.28. The van der Waals surface area contributed by atoms with E-state index in [9.17, 15) is 23.1 Å². The van der Waals surface area contributed by atoms with Gasteiger partial charge in [0.25, 0.3) is 11.7 Å². The lowest BCUT2D eigenvalue weighted by Gasteiger charge is -2.30. The number of pyridine rings is 1. The first-order valence-electron chi connectivity index (χ1n) is 8.95. The van der Waals surface area contributed by atoms with Crippen molar-refractivity contribution < 1.29 is 23.1 Å². The van der Waals surface area contributed by atoms with Gasteiger partial charge in [-0.1, -0.05) is 11.6 Å². The molecule has 7 nitrogen and oxygen atoms in total. The number of hydrogen-bond acceptors (Lipinski definition) is 6. The molecule has 29 heavy (non-hydrogen) atoms. The van der Waals surface area contributed by atoms with E-state index >= 15 is 0 Å². The zero-order valence-corrected chi connectivity index (χ0v) is 16.7. The number of ketones is 1. The highest BCUT2D eigenvalue weighted by atomic mass is 35.5. The molecule has 2 aliphatic rings. The third-order valence-electron chi connectivity index (χ3n) is 5.22. The number of carbonyl (C=O) groups excluding carboxylic acids is 2. The average Bonchev–Trinajstić information content (AvgIpc) is 3.19. The Morgan fingerprint density at radius 1 is 1.10 bits per heavy atom. The number of rotatable bonds is 3. The Morgan fingerprint density at radius 2 is 1.76 bits per heavy atom. The Kier molecular flexibility index (Phi) is 4.92. The second-order valence-electron chi connectivity index (χ2n) is 7.05. The van der Waals surface area contributed by atoms with E-state index in [1.54, 1.807) is 36.4 Å². The number of benzene rings is 1. The molecule has 0 radical (unpaired) electrons. The predicted molar refractivity (Wildman–Crippen MR) is 107 cm³/mol. The van der Waals surface area contributed by atoms with Crippen LogP contribution >= 0.6 is 11.6 Å². The third kappa shape index (κ3) is 3.54. The van der Waals surface area contributed by atoms with Gasteiger partial charge in [-0.2, -0.15) is 0 Å². The summed E-state index contributed by atoms with van der Waals surface area (Å²) in [5.41, 5.74) is 0.831. The van der Waals surface area contributed by atoms with Crippen LogP contribution in [0.2, 0.25) is 5.02 Å². The van der Waals surface area contributed by atoms with Gasteiger partial charge in [-0.15, -0.1) is 0 Å². The number of carbonyl (C=O) groups is 2. The van der Waals surface area contributed by atoms with E-state index in [0.717, 1.165) is 0 Å². The average molecular weight is 433 g/mol. The van der Waals surface area contributed by atoms with Gasteiger partial charge in [0.2, 0.25) is 0 Å². The molecule has 2 aliphatic heterocycles. The SMILES string of the molecule is O=C1C(=O)N([C@H]2CCS(=O)(=O)C2)[C@H](c2ccncc2)C1=C(O)c1ccc(Cl)cc1. The van der Waals surface area contributed by atoms with Gasteiger partial charge >= 0.3 is 0 Å². The van der Waals surface area contributed by atoms with Gasteiger partial charge in [-0.05, 0) is 48.4 Å². The van der Waals surface area contributed by atoms with E-state index in [-0.39, 0.29) is 29.3 Å². The number of aromatic nitrogens is 1. The maximum Gasteiger partial charge on any atom is 0.295 e. The van der Waals surface area contributed by atoms with Gasteiger partial charge in [-0.3, -0.25) is 14.6 Å². The number of amides is 1. The van der Waals surface area contributed by atoms with Gasteiger partial charge in [0.15, 0.2) is 9.84 Å². The highest BCUT2D eigenvalue weighted by molar-refractivity contribution is 7.91. The molecule has 2 saturated heterocycles. The lowest BCUT2D eigenvalue weighted by molar-refractivity contribution is -0.141. The molecule has 2 atom stereocenters. The zero-order valence-electron chi connectivity index (χ0n) is 15.2. The van der Waals surface area contributed by atoms with Crippen molar-refractivity contribution in [3.8, 4) is 0 Å². The fraction of sp³-hybridized carbons (Fsp3) is 0.250. The van der Waals surface area contributed by atoms with Gasteiger partial charge in [0.1, 0.15) is 5.76 Å². The molecule has 150 valence electrons. The molecular formula is C20H17ClN2O5S. The fourth-order valence-electron chi connectivity index (χ4n) is 3.86. The largest absolute Gasteiger partial charge is 0.507 e. The van der Waals surface area contributed by atoms with E-state index in [2.05, 4.69) is 4.98 Å². The first-order chi connectivity index (χ1) is 13.8. The quantitative estimate of drug-likeness (QED) is 0.453. The molecule has 0 bridgehead atoms. The van der Waals surface area contributed by atoms with Crippen LogP contribution in [0.1, 0.15) is 23.6 Å². The summed E-state index contributed by atoms with van der Waals surface area (Å²) < 4.78 is 24.0. The first kappa shape index (κ1) is 19.6. The normalized spacial score (nSPS) is 25.5. The fourth-order valence-corrected chi connectivity index (χ4v) is 5.70. The van der Waals surface area contributed by atoms with Gasteiger partial charge < -0.3 is 10.0 Å². The molecular weight excluding hydrogens is 416 g/mol. The Balaban J connectivity index is 1.88. The van der Waals surface area contributed by atoms with E-state index in [4.69, 9.17) is 11.6 Å². The van der Waals surface area contributed by atoms with E-state index in [1.807, 2.05) is 0 Å². The molecule has 0 unspecified atom stereocenters. The Labute approximate surface area is 172 Å². The maximum atomic E-state index is 12.9. The van der Waals surface area contributed by atoms with Crippen LogP contribution in [-0.4, -0.2) is 52.6 Å². The van der Waals surface area contributed by atoms with Crippen molar-refractivity contribution in [2.45, 2.75) is 18.5 Å². The van der Waals surface area contributed by atoms with Crippen LogP contribution in [0.5, 0.6) is 0 Å². The summed E-state index contributed by atoms with van der Waals surface area (Å²) in [5.74, 6) is -2.23. The summed E-state index contributed by atoms with van der Waals surface area (Å²) in [4.78, 5) is 31.0. The molecule has 1 amide bonds. The lowest BCUT2D eigenvalue weighted by atomic mass is 9.95. The van der Waals surface area contributed by atoms with Crippen molar-refractivity contribution in [3.63, 3.8) is 0 Å². The number of likely N-dealkylation sites (tertiary alicyclic amines) is 1. The molecule has 0 spiro atoms. The molecule has 3 heterocycles. The molecule has 9 heteroatoms. The van der Waals surface area contributed by atoms with Crippen LogP contribution < -0.4 is 0 Å². The molecule has 1 aromatic carbocycles. The molecule has 0 aliphatic carbocycles. The van der Waals surface area contributed by atoms with Crippen molar-refractivity contribution >= 4 is 38.9 Å². The van der Waals surface area contributed by atoms with Crippen molar-refractivity contribution in [2.24, 2.45) is 0 Å². The number of nitrogens with zero attached hydrogens (tertiary/aromatic N) is 2. The summed E-state index contributed by atoms with van der Waals surface area (Å²) in [7, 11) is -3.28. The standard InChI is InChI=1S/C20H17ClN2O5S/c21-14-3-1-13(2-4-14)18(24)16-17(12-5-8-22-9-6-12)23(20(26)19(16)25)15-7-10-29(27,28)11-15/h1-6,8-9,15,17,24H,7,10-11H2/t15-,17+/m0/s1. The molecule has 2 aromatic rings. The number of Topliss-reactive ketones (excluding diaryl/α,β-unsaturated/α-hetero) is 1. The smallest absolute Gasteiger partial charge is 0.295 e. The van der Waals surface area contributed by atoms with Crippen LogP contribution in [0.3, 0.4) is 0 Å². The van der Waals surface area contributed by atoms with Crippen molar-refractivity contribution in [3.05, 3.63) is 70.5 Å². The second-order valence-corrected chi connectivity index (χ2v) is 9.72. The number of aliphatic hydroxyl groups is 1. The second kappa shape index (κ2) is 7.27. The summed E-state index contributed by atoms with van der Waals surface area (Å²) in [6, 6.07) is 7.99. The van der Waals surface area contributed by atoms with Crippen molar-refractivity contribution in [1.82, 2.24) is 9.88 Å². The summed E-state index contributed by atoms with van der Waals surface area (Å²) >= 11 is 5.90. The highest BCUT2D eigenvalue weighted by Gasteiger charge is 2.50. The third-order valence-corrected chi connectivity index (χ3v) is 7.22. The minimum atomic E-state index is -3.28. The van der Waals surface area contributed by atoms with Gasteiger partial charge in [0, 0.05) is 29.0 Å². The van der Waals surface area contributed by atoms with E-state index in [1.165, 1.54) is 17.3 Å². The maximum absolute atomic E-state index is 12.9. The molecule has 1 N–H and O–H groups in total. The summed E-state index contributed by atoms with van der Waals surface area (Å²) in [5, 5.41) is 11.4. The minimum Gasteiger partial charge on any atom is -0.507 e. The van der Waals surface area contributed by atoms with Crippen LogP contribution in [0.4, 0.5) is 0 Å². The van der Waals surface area contributed by atoms with Crippen LogP contribution in [0.25, 0.3) is 5.76 Å². The van der Waals surface area contributed by atoms with Crippen LogP contribution in [-0.2, 0) is 19.4 Å². The molecule has 1 aromatic heterocycles. The Hall–Kier alpha value is -2.71. The molecule has 4 rings (SSSR count). The topological polar surface area (TPSA) is 105 Å². The predicted octanol–water partition coefficient (Wildman–Crippen LogP) is 2.34. The zero-order chi connectivity index (χ0) is 20.8. The van der Waals surface area contributed by atoms with Gasteiger partial charge in [0.05, 0.1) is 23.1 Å². The highest BCUT2D eigenvalue weighted by Crippen LogP contribution is 2.42. The van der Waals surface area contributed by atoms with Gasteiger partial charge in [-0.25, -0.2) is 8.42 Å². The molecule has 2 fully saturated rings. The summed E-state index contributed by atoms with van der Waals surface area (Å²) in [6.45, 7) is 0. The number of aliphatic hydroxyl groups excluding tert-OH is 1. The van der Waals surface area contributed by atoms with E-state index in [0.29, 0.717) is 16.1 Å². The van der Waals surface area contributed by atoms with E-state index < -0.39 is 33.6 Å². The Bertz CT molecular complexity index is 1110. The van der Waals surface area contributed by atoms with Crippen molar-refractivity contribution in [2.75, 3.05) is 11.5 Å². The lowest BCUT2D eigenvalue weighted by Crippen LogP contribution is -2.40. The first-order valence-corrected chi connectivity index (χ1v) is 11.1. The Morgan fingerprint density at radius 3 is 2.34 bits per heavy atom. The van der Waals surface area contributed by atoms with Crippen LogP contribution in [0, 0.1) is 0 Å². The minimum absolute atomic E-state index is 0.0408. The number of hydrogen-bond donors (Lipinski definition) is 1.